The first-order chi connectivity index (χ1) is 19.5. The molecule has 4 atom stereocenters. The van der Waals surface area contributed by atoms with Crippen molar-refractivity contribution in [2.75, 3.05) is 19.6 Å². The molecule has 2 bridgehead atoms. The molecule has 226 valence electrons. The van der Waals surface area contributed by atoms with Crippen LogP contribution in [0, 0.1) is 29.0 Å². The maximum atomic E-state index is 14.1. The first-order valence-corrected chi connectivity index (χ1v) is 15.9. The molecule has 1 aromatic carbocycles. The van der Waals surface area contributed by atoms with E-state index in [1.807, 2.05) is 25.7 Å². The smallest absolute Gasteiger partial charge is 0.245 e. The summed E-state index contributed by atoms with van der Waals surface area (Å²) in [6.07, 6.45) is 10.2. The van der Waals surface area contributed by atoms with Crippen molar-refractivity contribution in [2.24, 2.45) is 23.2 Å². The fourth-order valence-corrected chi connectivity index (χ4v) is 7.92. The molecular formula is C33H49FN4O3. The Hall–Kier alpha value is -2.48. The zero-order valence-corrected chi connectivity index (χ0v) is 25.1. The largest absolute Gasteiger partial charge is 0.351 e. The number of likely N-dealkylation sites (tertiary alicyclic amines) is 1. The number of amides is 3. The van der Waals surface area contributed by atoms with Crippen LogP contribution in [0.4, 0.5) is 4.39 Å². The molecule has 2 aliphatic carbocycles. The normalized spacial score (nSPS) is 27.2. The fraction of sp³-hybridized carbons (Fsp3) is 0.727. The number of halogens is 1. The molecule has 7 nitrogen and oxygen atoms in total. The number of hydrogen-bond donors (Lipinski definition) is 3. The summed E-state index contributed by atoms with van der Waals surface area (Å²) >= 11 is 0. The van der Waals surface area contributed by atoms with E-state index < -0.39 is 11.5 Å². The fourth-order valence-electron chi connectivity index (χ4n) is 7.92. The van der Waals surface area contributed by atoms with Gasteiger partial charge in [-0.3, -0.25) is 14.4 Å². The van der Waals surface area contributed by atoms with Crippen molar-refractivity contribution >= 4 is 17.7 Å². The van der Waals surface area contributed by atoms with E-state index in [-0.39, 0.29) is 41.0 Å². The van der Waals surface area contributed by atoms with Crippen LogP contribution < -0.4 is 16.0 Å². The van der Waals surface area contributed by atoms with Gasteiger partial charge in [0.05, 0.1) is 11.3 Å². The summed E-state index contributed by atoms with van der Waals surface area (Å²) < 4.78 is 13.6. The van der Waals surface area contributed by atoms with Gasteiger partial charge in [-0.2, -0.15) is 0 Å². The Morgan fingerprint density at radius 1 is 1.02 bits per heavy atom. The van der Waals surface area contributed by atoms with Gasteiger partial charge in [0.25, 0.3) is 0 Å². The highest BCUT2D eigenvalue weighted by Crippen LogP contribution is 2.46. The molecule has 5 aliphatic rings. The van der Waals surface area contributed by atoms with Crippen LogP contribution >= 0.6 is 0 Å². The Balaban J connectivity index is 1.31. The van der Waals surface area contributed by atoms with E-state index in [4.69, 9.17) is 0 Å². The zero-order chi connectivity index (χ0) is 29.2. The molecule has 0 radical (unpaired) electrons. The van der Waals surface area contributed by atoms with Crippen molar-refractivity contribution in [1.82, 2.24) is 20.9 Å². The van der Waals surface area contributed by atoms with Gasteiger partial charge >= 0.3 is 0 Å². The van der Waals surface area contributed by atoms with Crippen molar-refractivity contribution < 1.29 is 18.8 Å². The molecule has 3 aliphatic heterocycles. The number of nitrogens with one attached hydrogen (secondary N) is 3. The molecule has 3 amide bonds. The van der Waals surface area contributed by atoms with E-state index in [0.29, 0.717) is 44.2 Å². The van der Waals surface area contributed by atoms with Gasteiger partial charge in [-0.25, -0.2) is 4.39 Å². The van der Waals surface area contributed by atoms with Gasteiger partial charge in [-0.05, 0) is 102 Å². The van der Waals surface area contributed by atoms with E-state index in [9.17, 15) is 18.8 Å². The number of rotatable bonds is 7. The van der Waals surface area contributed by atoms with Gasteiger partial charge in [0, 0.05) is 31.1 Å². The van der Waals surface area contributed by atoms with Crippen molar-refractivity contribution in [3.05, 3.63) is 35.6 Å². The van der Waals surface area contributed by atoms with Crippen LogP contribution in [-0.2, 0) is 20.8 Å². The molecule has 6 rings (SSSR count). The molecule has 41 heavy (non-hydrogen) atoms. The predicted molar refractivity (Wildman–Crippen MR) is 157 cm³/mol. The number of carbonyl (C=O) groups excluding carboxylic acids is 3. The molecule has 3 N–H and O–H groups in total. The number of carbonyl (C=O) groups is 3. The Kier molecular flexibility index (Phi) is 9.07. The minimum atomic E-state index is -0.723. The topological polar surface area (TPSA) is 90.5 Å². The molecule has 3 saturated heterocycles. The lowest BCUT2D eigenvalue weighted by atomic mass is 9.63. The van der Waals surface area contributed by atoms with Crippen LogP contribution in [0.15, 0.2) is 24.3 Å². The second-order valence-electron chi connectivity index (χ2n) is 14.2. The van der Waals surface area contributed by atoms with Crippen molar-refractivity contribution in [3.63, 3.8) is 0 Å². The van der Waals surface area contributed by atoms with Gasteiger partial charge in [-0.15, -0.1) is 0 Å². The maximum absolute atomic E-state index is 14.1. The summed E-state index contributed by atoms with van der Waals surface area (Å²) in [5.74, 6) is 0.340. The predicted octanol–water partition coefficient (Wildman–Crippen LogP) is 4.34. The van der Waals surface area contributed by atoms with Gasteiger partial charge < -0.3 is 20.9 Å². The van der Waals surface area contributed by atoms with Crippen LogP contribution in [0.3, 0.4) is 0 Å². The Labute approximate surface area is 244 Å². The number of nitrogens with zero attached hydrogens (tertiary/aromatic N) is 1. The highest BCUT2D eigenvalue weighted by Gasteiger charge is 2.49. The maximum Gasteiger partial charge on any atom is 0.245 e. The highest BCUT2D eigenvalue weighted by molar-refractivity contribution is 5.90. The summed E-state index contributed by atoms with van der Waals surface area (Å²) in [4.78, 5) is 43.2. The van der Waals surface area contributed by atoms with Gasteiger partial charge in [0.2, 0.25) is 17.7 Å². The third kappa shape index (κ3) is 6.95. The molecule has 0 aromatic heterocycles. The average molecular weight is 569 g/mol. The van der Waals surface area contributed by atoms with Gasteiger partial charge in [-0.1, -0.05) is 31.4 Å². The highest BCUT2D eigenvalue weighted by atomic mass is 19.1. The summed E-state index contributed by atoms with van der Waals surface area (Å²) in [7, 11) is 0. The van der Waals surface area contributed by atoms with Crippen LogP contribution in [0.25, 0.3) is 0 Å². The van der Waals surface area contributed by atoms with Gasteiger partial charge in [0.1, 0.15) is 11.9 Å². The lowest BCUT2D eigenvalue weighted by molar-refractivity contribution is -0.147. The number of hydrogen-bond acceptors (Lipinski definition) is 4. The van der Waals surface area contributed by atoms with Gasteiger partial charge in [0.15, 0.2) is 0 Å². The summed E-state index contributed by atoms with van der Waals surface area (Å²) in [5, 5.41) is 9.90. The van der Waals surface area contributed by atoms with Crippen molar-refractivity contribution in [3.8, 4) is 0 Å². The minimum Gasteiger partial charge on any atom is -0.351 e. The average Bonchev–Trinajstić information content (AvgIpc) is 2.97. The van der Waals surface area contributed by atoms with E-state index >= 15 is 0 Å². The number of piperidine rings is 3. The standard InChI is InChI=1S/C33H49FN4O3/c1-32(2,3)37-31(41)33(24-7-5-4-6-8-24)15-17-38(18-16-33)30(40)28(20-22-9-12-25(34)13-10-22)36-29(39)26-19-23-11-14-27(26)35-21-23/h9-10,12-13,23-24,26-28,35H,4-8,11,14-21H2,1-3H3,(H,36,39)(H,37,41)/t23-,26+,27+,28+/m0/s1. The lowest BCUT2D eigenvalue weighted by Crippen LogP contribution is -2.60. The Morgan fingerprint density at radius 2 is 1.71 bits per heavy atom. The molecule has 1 aromatic rings. The number of benzene rings is 1. The zero-order valence-electron chi connectivity index (χ0n) is 25.1. The van der Waals surface area contributed by atoms with E-state index in [2.05, 4.69) is 16.0 Å². The van der Waals surface area contributed by atoms with E-state index in [1.165, 1.54) is 18.6 Å². The Bertz CT molecular complexity index is 1080. The summed E-state index contributed by atoms with van der Waals surface area (Å²) in [6, 6.07) is 5.61. The van der Waals surface area contributed by atoms with Crippen LogP contribution in [0.2, 0.25) is 0 Å². The van der Waals surface area contributed by atoms with Crippen LogP contribution in [0.1, 0.15) is 90.5 Å². The van der Waals surface area contributed by atoms with Crippen molar-refractivity contribution in [1.29, 1.82) is 0 Å². The molecule has 2 saturated carbocycles. The van der Waals surface area contributed by atoms with Crippen LogP contribution in [0.5, 0.6) is 0 Å². The summed E-state index contributed by atoms with van der Waals surface area (Å²) in [5.41, 5.74) is 0.0306. The third-order valence-electron chi connectivity index (χ3n) is 10.2. The first kappa shape index (κ1) is 30.0. The lowest BCUT2D eigenvalue weighted by Gasteiger charge is -2.48. The van der Waals surface area contributed by atoms with E-state index in [0.717, 1.165) is 57.1 Å². The van der Waals surface area contributed by atoms with Crippen LogP contribution in [-0.4, -0.2) is 59.9 Å². The Morgan fingerprint density at radius 3 is 2.27 bits per heavy atom. The molecule has 5 fully saturated rings. The second kappa shape index (κ2) is 12.4. The quantitative estimate of drug-likeness (QED) is 0.456. The molecule has 3 heterocycles. The SMILES string of the molecule is CC(C)(C)NC(=O)C1(C2CCCCC2)CCN(C(=O)[C@@H](Cc2ccc(F)cc2)NC(=O)[C@@H]2C[C@@H]3CC[C@H]2NC3)CC1. The second-order valence-corrected chi connectivity index (χ2v) is 14.2. The molecular weight excluding hydrogens is 519 g/mol. The number of fused-ring (bicyclic) bond motifs is 3. The first-order valence-electron chi connectivity index (χ1n) is 15.9. The molecule has 0 spiro atoms. The van der Waals surface area contributed by atoms with E-state index in [1.54, 1.807) is 12.1 Å². The third-order valence-corrected chi connectivity index (χ3v) is 10.2. The van der Waals surface area contributed by atoms with Crippen molar-refractivity contribution in [2.45, 2.75) is 109 Å². The molecule has 0 unspecified atom stereocenters. The monoisotopic (exact) mass is 568 g/mol. The molecule has 8 heteroatoms. The summed E-state index contributed by atoms with van der Waals surface area (Å²) in [6.45, 7) is 8.03. The minimum absolute atomic E-state index is 0.0644.